The van der Waals surface area contributed by atoms with Crippen molar-refractivity contribution in [3.8, 4) is 0 Å². The van der Waals surface area contributed by atoms with E-state index in [1.54, 1.807) is 0 Å². The average molecular weight is 153 g/mol. The van der Waals surface area contributed by atoms with Gasteiger partial charge in [-0.25, -0.2) is 0 Å². The molecule has 0 spiro atoms. The zero-order valence-corrected chi connectivity index (χ0v) is 7.47. The van der Waals surface area contributed by atoms with Crippen LogP contribution in [0.1, 0.15) is 32.6 Å². The summed E-state index contributed by atoms with van der Waals surface area (Å²) >= 11 is 0. The van der Waals surface area contributed by atoms with E-state index in [1.165, 1.54) is 38.8 Å². The van der Waals surface area contributed by atoms with E-state index < -0.39 is 0 Å². The van der Waals surface area contributed by atoms with Gasteiger partial charge in [0.15, 0.2) is 0 Å². The van der Waals surface area contributed by atoms with Crippen molar-refractivity contribution in [3.63, 3.8) is 0 Å². The summed E-state index contributed by atoms with van der Waals surface area (Å²) in [6, 6.07) is 0. The first-order valence-corrected chi connectivity index (χ1v) is 5.07. The molecule has 0 aliphatic heterocycles. The number of nitrogens with one attached hydrogen (secondary N) is 1. The second kappa shape index (κ2) is 3.14. The van der Waals surface area contributed by atoms with E-state index in [2.05, 4.69) is 12.2 Å². The molecule has 11 heavy (non-hydrogen) atoms. The van der Waals surface area contributed by atoms with E-state index in [0.29, 0.717) is 0 Å². The van der Waals surface area contributed by atoms with Crippen LogP contribution in [-0.2, 0) is 0 Å². The van der Waals surface area contributed by atoms with Gasteiger partial charge >= 0.3 is 0 Å². The number of hydrogen-bond donors (Lipinski definition) is 1. The predicted molar refractivity (Wildman–Crippen MR) is 47.5 cm³/mol. The van der Waals surface area contributed by atoms with E-state index in [4.69, 9.17) is 0 Å². The van der Waals surface area contributed by atoms with Crippen molar-refractivity contribution in [3.05, 3.63) is 0 Å². The first kappa shape index (κ1) is 7.60. The molecule has 1 nitrogen and oxygen atoms in total. The van der Waals surface area contributed by atoms with Crippen LogP contribution in [0.25, 0.3) is 0 Å². The van der Waals surface area contributed by atoms with Crippen LogP contribution in [0.15, 0.2) is 0 Å². The zero-order chi connectivity index (χ0) is 7.68. The molecule has 64 valence electrons. The summed E-state index contributed by atoms with van der Waals surface area (Å²) in [5.41, 5.74) is 0. The van der Waals surface area contributed by atoms with Crippen molar-refractivity contribution in [2.45, 2.75) is 32.6 Å². The lowest BCUT2D eigenvalue weighted by Gasteiger charge is -2.25. The predicted octanol–water partition coefficient (Wildman–Crippen LogP) is 2.03. The van der Waals surface area contributed by atoms with E-state index in [0.717, 1.165) is 17.8 Å². The molecule has 0 bridgehead atoms. The first-order chi connectivity index (χ1) is 5.36. The molecule has 0 saturated heterocycles. The molecule has 0 unspecified atom stereocenters. The maximum Gasteiger partial charge on any atom is -0.00177 e. The Balaban J connectivity index is 1.47. The highest BCUT2D eigenvalue weighted by Crippen LogP contribution is 2.36. The SMILES string of the molecule is C[C@H]1C[C@@H]1CNCC1CCC1. The molecule has 0 aromatic heterocycles. The van der Waals surface area contributed by atoms with Gasteiger partial charge in [0.2, 0.25) is 0 Å². The van der Waals surface area contributed by atoms with Crippen LogP contribution < -0.4 is 5.32 Å². The summed E-state index contributed by atoms with van der Waals surface area (Å²) in [4.78, 5) is 0. The number of hydrogen-bond acceptors (Lipinski definition) is 1. The third-order valence-corrected chi connectivity index (χ3v) is 3.34. The lowest BCUT2D eigenvalue weighted by atomic mass is 9.85. The van der Waals surface area contributed by atoms with Crippen LogP contribution in [-0.4, -0.2) is 13.1 Å². The Morgan fingerprint density at radius 1 is 1.27 bits per heavy atom. The van der Waals surface area contributed by atoms with E-state index in [-0.39, 0.29) is 0 Å². The van der Waals surface area contributed by atoms with Gasteiger partial charge in [0.05, 0.1) is 0 Å². The molecular weight excluding hydrogens is 134 g/mol. The Bertz CT molecular complexity index is 124. The highest BCUT2D eigenvalue weighted by Gasteiger charge is 2.31. The van der Waals surface area contributed by atoms with E-state index in [9.17, 15) is 0 Å². The largest absolute Gasteiger partial charge is 0.316 e. The standard InChI is InChI=1S/C10H19N/c1-8-5-10(8)7-11-6-9-3-2-4-9/h8-11H,2-7H2,1H3/t8-,10+/m0/s1. The molecule has 0 heterocycles. The lowest BCUT2D eigenvalue weighted by molar-refractivity contribution is 0.300. The maximum atomic E-state index is 3.58. The monoisotopic (exact) mass is 153 g/mol. The molecule has 0 amide bonds. The van der Waals surface area contributed by atoms with Crippen molar-refractivity contribution >= 4 is 0 Å². The maximum absolute atomic E-state index is 3.58. The summed E-state index contributed by atoms with van der Waals surface area (Å²) in [6.45, 7) is 4.94. The Labute approximate surface area is 69.6 Å². The summed E-state index contributed by atoms with van der Waals surface area (Å²) < 4.78 is 0. The van der Waals surface area contributed by atoms with Crippen LogP contribution in [0.2, 0.25) is 0 Å². The van der Waals surface area contributed by atoms with Crippen LogP contribution in [0.3, 0.4) is 0 Å². The lowest BCUT2D eigenvalue weighted by Crippen LogP contribution is -2.28. The number of rotatable bonds is 4. The Morgan fingerprint density at radius 3 is 2.45 bits per heavy atom. The van der Waals surface area contributed by atoms with Crippen LogP contribution in [0, 0.1) is 17.8 Å². The van der Waals surface area contributed by atoms with Gasteiger partial charge in [0, 0.05) is 0 Å². The molecule has 1 heteroatoms. The third-order valence-electron chi connectivity index (χ3n) is 3.34. The topological polar surface area (TPSA) is 12.0 Å². The van der Waals surface area contributed by atoms with Crippen molar-refractivity contribution < 1.29 is 0 Å². The minimum Gasteiger partial charge on any atom is -0.316 e. The van der Waals surface area contributed by atoms with Gasteiger partial charge in [-0.05, 0) is 50.1 Å². The Morgan fingerprint density at radius 2 is 2.00 bits per heavy atom. The molecule has 2 fully saturated rings. The normalized spacial score (nSPS) is 36.8. The third kappa shape index (κ3) is 1.96. The van der Waals surface area contributed by atoms with Crippen LogP contribution in [0.4, 0.5) is 0 Å². The molecule has 2 aliphatic rings. The Hall–Kier alpha value is -0.0400. The molecule has 0 aromatic rings. The molecule has 2 atom stereocenters. The highest BCUT2D eigenvalue weighted by atomic mass is 14.9. The molecule has 2 rings (SSSR count). The van der Waals surface area contributed by atoms with Gasteiger partial charge in [-0.15, -0.1) is 0 Å². The Kier molecular flexibility index (Phi) is 2.17. The van der Waals surface area contributed by atoms with Gasteiger partial charge in [0.25, 0.3) is 0 Å². The molecule has 0 radical (unpaired) electrons. The van der Waals surface area contributed by atoms with Crippen molar-refractivity contribution in [2.75, 3.05) is 13.1 Å². The summed E-state index contributed by atoms with van der Waals surface area (Å²) in [7, 11) is 0. The zero-order valence-electron chi connectivity index (χ0n) is 7.47. The minimum atomic E-state index is 1.02. The molecule has 1 N–H and O–H groups in total. The second-order valence-corrected chi connectivity index (χ2v) is 4.43. The van der Waals surface area contributed by atoms with Crippen molar-refractivity contribution in [2.24, 2.45) is 17.8 Å². The second-order valence-electron chi connectivity index (χ2n) is 4.43. The summed E-state index contributed by atoms with van der Waals surface area (Å²) in [5.74, 6) is 3.07. The smallest absolute Gasteiger partial charge is 0.00177 e. The molecular formula is C10H19N. The van der Waals surface area contributed by atoms with Gasteiger partial charge in [0.1, 0.15) is 0 Å². The van der Waals surface area contributed by atoms with Crippen molar-refractivity contribution in [1.82, 2.24) is 5.32 Å². The fourth-order valence-corrected chi connectivity index (χ4v) is 1.85. The average Bonchev–Trinajstić information content (AvgIpc) is 2.55. The van der Waals surface area contributed by atoms with Crippen LogP contribution >= 0.6 is 0 Å². The van der Waals surface area contributed by atoms with Gasteiger partial charge in [-0.3, -0.25) is 0 Å². The molecule has 0 aromatic carbocycles. The van der Waals surface area contributed by atoms with Crippen LogP contribution in [0.5, 0.6) is 0 Å². The summed E-state index contributed by atoms with van der Waals surface area (Å²) in [5, 5.41) is 3.58. The fourth-order valence-electron chi connectivity index (χ4n) is 1.85. The van der Waals surface area contributed by atoms with Crippen molar-refractivity contribution in [1.29, 1.82) is 0 Å². The van der Waals surface area contributed by atoms with E-state index in [1.807, 2.05) is 0 Å². The molecule has 2 aliphatic carbocycles. The van der Waals surface area contributed by atoms with Gasteiger partial charge < -0.3 is 5.32 Å². The van der Waals surface area contributed by atoms with Gasteiger partial charge in [-0.2, -0.15) is 0 Å². The van der Waals surface area contributed by atoms with Gasteiger partial charge in [-0.1, -0.05) is 13.3 Å². The quantitative estimate of drug-likeness (QED) is 0.651. The first-order valence-electron chi connectivity index (χ1n) is 5.07. The van der Waals surface area contributed by atoms with E-state index >= 15 is 0 Å². The highest BCUT2D eigenvalue weighted by molar-refractivity contribution is 4.84. The molecule has 2 saturated carbocycles. The summed E-state index contributed by atoms with van der Waals surface area (Å²) in [6.07, 6.45) is 5.91. The fraction of sp³-hybridized carbons (Fsp3) is 1.00. The minimum absolute atomic E-state index is 1.02.